The molecule has 0 N–H and O–H groups in total. The third-order valence-corrected chi connectivity index (χ3v) is 3.66. The SMILES string of the molecule is CCOC1=C(SC(C)(C)C=O)CCCC1. The first-order valence-electron chi connectivity index (χ1n) is 5.59. The Hall–Kier alpha value is -0.440. The van der Waals surface area contributed by atoms with Crippen molar-refractivity contribution < 1.29 is 9.53 Å². The Kier molecular flexibility index (Phi) is 4.71. The summed E-state index contributed by atoms with van der Waals surface area (Å²) in [6.07, 6.45) is 5.54. The molecule has 0 aromatic heterocycles. The van der Waals surface area contributed by atoms with E-state index in [4.69, 9.17) is 4.74 Å². The minimum absolute atomic E-state index is 0.324. The molecule has 2 nitrogen and oxygen atoms in total. The normalized spacial score (nSPS) is 17.8. The highest BCUT2D eigenvalue weighted by molar-refractivity contribution is 8.05. The van der Waals surface area contributed by atoms with Gasteiger partial charge in [0.05, 0.1) is 11.4 Å². The first-order chi connectivity index (χ1) is 7.09. The summed E-state index contributed by atoms with van der Waals surface area (Å²) >= 11 is 1.66. The van der Waals surface area contributed by atoms with Gasteiger partial charge in [-0.3, -0.25) is 0 Å². The van der Waals surface area contributed by atoms with E-state index in [1.54, 1.807) is 11.8 Å². The van der Waals surface area contributed by atoms with E-state index < -0.39 is 0 Å². The summed E-state index contributed by atoms with van der Waals surface area (Å²) in [5.74, 6) is 1.11. The van der Waals surface area contributed by atoms with Crippen LogP contribution in [0.15, 0.2) is 10.7 Å². The van der Waals surface area contributed by atoms with Gasteiger partial charge in [-0.05, 0) is 40.0 Å². The monoisotopic (exact) mass is 228 g/mol. The van der Waals surface area contributed by atoms with Crippen LogP contribution >= 0.6 is 11.8 Å². The molecular weight excluding hydrogens is 208 g/mol. The molecule has 86 valence electrons. The van der Waals surface area contributed by atoms with Gasteiger partial charge in [-0.25, -0.2) is 0 Å². The Morgan fingerprint density at radius 3 is 2.67 bits per heavy atom. The van der Waals surface area contributed by atoms with Crippen LogP contribution in [0.25, 0.3) is 0 Å². The second-order valence-electron chi connectivity index (χ2n) is 4.31. The van der Waals surface area contributed by atoms with Gasteiger partial charge >= 0.3 is 0 Å². The highest BCUT2D eigenvalue weighted by Gasteiger charge is 2.23. The standard InChI is InChI=1S/C12H20O2S/c1-4-14-10-7-5-6-8-11(10)15-12(2,3)9-13/h9H,4-8H2,1-3H3. The molecule has 0 radical (unpaired) electrons. The van der Waals surface area contributed by atoms with Crippen LogP contribution in [0.2, 0.25) is 0 Å². The summed E-state index contributed by atoms with van der Waals surface area (Å²) in [5.41, 5.74) is 0. The molecular formula is C12H20O2S. The fourth-order valence-electron chi connectivity index (χ4n) is 1.63. The predicted octanol–water partition coefficient (Wildman–Crippen LogP) is 3.52. The van der Waals surface area contributed by atoms with Crippen LogP contribution in [0.1, 0.15) is 46.5 Å². The van der Waals surface area contributed by atoms with Gasteiger partial charge in [-0.15, -0.1) is 11.8 Å². The second-order valence-corrected chi connectivity index (χ2v) is 6.06. The topological polar surface area (TPSA) is 26.3 Å². The summed E-state index contributed by atoms with van der Waals surface area (Å²) in [4.78, 5) is 12.2. The number of rotatable bonds is 5. The number of thioether (sulfide) groups is 1. The Bertz CT molecular complexity index is 256. The molecule has 0 unspecified atom stereocenters. The number of hydrogen-bond donors (Lipinski definition) is 0. The molecule has 1 aliphatic rings. The van der Waals surface area contributed by atoms with Crippen LogP contribution in [0.5, 0.6) is 0 Å². The van der Waals surface area contributed by atoms with Crippen molar-refractivity contribution in [1.82, 2.24) is 0 Å². The van der Waals surface area contributed by atoms with Crippen molar-refractivity contribution in [2.75, 3.05) is 6.61 Å². The van der Waals surface area contributed by atoms with Gasteiger partial charge in [-0.1, -0.05) is 0 Å². The summed E-state index contributed by atoms with van der Waals surface area (Å²) in [6.45, 7) is 6.64. The lowest BCUT2D eigenvalue weighted by Crippen LogP contribution is -2.17. The molecule has 0 heterocycles. The van der Waals surface area contributed by atoms with Crippen molar-refractivity contribution in [3.8, 4) is 0 Å². The van der Waals surface area contributed by atoms with Crippen molar-refractivity contribution >= 4 is 18.0 Å². The number of hydrogen-bond acceptors (Lipinski definition) is 3. The van der Waals surface area contributed by atoms with E-state index in [9.17, 15) is 4.79 Å². The Labute approximate surface area is 96.5 Å². The van der Waals surface area contributed by atoms with Crippen molar-refractivity contribution in [2.24, 2.45) is 0 Å². The molecule has 0 aromatic rings. The molecule has 0 bridgehead atoms. The molecule has 1 aliphatic carbocycles. The lowest BCUT2D eigenvalue weighted by molar-refractivity contribution is -0.109. The fraction of sp³-hybridized carbons (Fsp3) is 0.750. The van der Waals surface area contributed by atoms with Crippen LogP contribution in [0, 0.1) is 0 Å². The zero-order chi connectivity index (χ0) is 11.3. The Morgan fingerprint density at radius 2 is 2.07 bits per heavy atom. The zero-order valence-corrected chi connectivity index (χ0v) is 10.7. The van der Waals surface area contributed by atoms with Crippen molar-refractivity contribution in [2.45, 2.75) is 51.2 Å². The van der Waals surface area contributed by atoms with Crippen LogP contribution in [0.3, 0.4) is 0 Å². The molecule has 15 heavy (non-hydrogen) atoms. The van der Waals surface area contributed by atoms with E-state index in [1.807, 2.05) is 20.8 Å². The average Bonchev–Trinajstić information content (AvgIpc) is 2.21. The molecule has 3 heteroatoms. The van der Waals surface area contributed by atoms with E-state index in [0.29, 0.717) is 0 Å². The van der Waals surface area contributed by atoms with Crippen LogP contribution in [0.4, 0.5) is 0 Å². The minimum atomic E-state index is -0.324. The van der Waals surface area contributed by atoms with Crippen LogP contribution in [-0.4, -0.2) is 17.6 Å². The number of carbonyl (C=O) groups is 1. The number of carbonyl (C=O) groups excluding carboxylic acids is 1. The molecule has 0 fully saturated rings. The summed E-state index contributed by atoms with van der Waals surface area (Å²) < 4.78 is 5.30. The van der Waals surface area contributed by atoms with E-state index in [-0.39, 0.29) is 4.75 Å². The van der Waals surface area contributed by atoms with Gasteiger partial charge in [0, 0.05) is 11.3 Å². The Morgan fingerprint density at radius 1 is 1.40 bits per heavy atom. The third kappa shape index (κ3) is 3.90. The smallest absolute Gasteiger partial charge is 0.135 e. The quantitative estimate of drug-likeness (QED) is 0.673. The summed E-state index contributed by atoms with van der Waals surface area (Å²) in [7, 11) is 0. The lowest BCUT2D eigenvalue weighted by atomic mass is 10.1. The number of aldehydes is 1. The van der Waals surface area contributed by atoms with E-state index in [1.165, 1.54) is 17.7 Å². The highest BCUT2D eigenvalue weighted by Crippen LogP contribution is 2.39. The summed E-state index contributed by atoms with van der Waals surface area (Å²) in [5, 5.41) is 0. The van der Waals surface area contributed by atoms with Gasteiger partial charge in [0.25, 0.3) is 0 Å². The van der Waals surface area contributed by atoms with Crippen LogP contribution < -0.4 is 0 Å². The van der Waals surface area contributed by atoms with Gasteiger partial charge in [0.1, 0.15) is 12.0 Å². The van der Waals surface area contributed by atoms with Gasteiger partial charge in [0.15, 0.2) is 0 Å². The second kappa shape index (κ2) is 5.59. The van der Waals surface area contributed by atoms with Gasteiger partial charge in [0.2, 0.25) is 0 Å². The number of allylic oxidation sites excluding steroid dienone is 2. The first kappa shape index (κ1) is 12.6. The molecule has 0 amide bonds. The molecule has 0 aliphatic heterocycles. The molecule has 1 rings (SSSR count). The van der Waals surface area contributed by atoms with Gasteiger partial charge < -0.3 is 9.53 Å². The number of ether oxygens (including phenoxy) is 1. The van der Waals surface area contributed by atoms with E-state index in [0.717, 1.165) is 31.5 Å². The average molecular weight is 228 g/mol. The first-order valence-corrected chi connectivity index (χ1v) is 6.41. The third-order valence-electron chi connectivity index (χ3n) is 2.36. The minimum Gasteiger partial charge on any atom is -0.497 e. The van der Waals surface area contributed by atoms with E-state index in [2.05, 4.69) is 0 Å². The van der Waals surface area contributed by atoms with E-state index >= 15 is 0 Å². The maximum atomic E-state index is 10.9. The molecule has 0 atom stereocenters. The maximum absolute atomic E-state index is 10.9. The zero-order valence-electron chi connectivity index (χ0n) is 9.84. The molecule has 0 saturated heterocycles. The van der Waals surface area contributed by atoms with Crippen molar-refractivity contribution in [1.29, 1.82) is 0 Å². The molecule has 0 aromatic carbocycles. The van der Waals surface area contributed by atoms with Crippen molar-refractivity contribution in [3.63, 3.8) is 0 Å². The molecule has 0 saturated carbocycles. The molecule has 0 spiro atoms. The van der Waals surface area contributed by atoms with Gasteiger partial charge in [-0.2, -0.15) is 0 Å². The highest BCUT2D eigenvalue weighted by atomic mass is 32.2. The lowest BCUT2D eigenvalue weighted by Gasteiger charge is -2.24. The largest absolute Gasteiger partial charge is 0.497 e. The predicted molar refractivity (Wildman–Crippen MR) is 64.9 cm³/mol. The van der Waals surface area contributed by atoms with Crippen LogP contribution in [-0.2, 0) is 9.53 Å². The fourth-order valence-corrected chi connectivity index (χ4v) is 2.83. The maximum Gasteiger partial charge on any atom is 0.135 e. The van der Waals surface area contributed by atoms with Crippen molar-refractivity contribution in [3.05, 3.63) is 10.7 Å². The Balaban J connectivity index is 2.73. The summed E-state index contributed by atoms with van der Waals surface area (Å²) in [6, 6.07) is 0.